The van der Waals surface area contributed by atoms with E-state index in [0.717, 1.165) is 0 Å². The van der Waals surface area contributed by atoms with E-state index in [1.54, 1.807) is 18.2 Å². The van der Waals surface area contributed by atoms with Crippen LogP contribution in [0.3, 0.4) is 0 Å². The van der Waals surface area contributed by atoms with Crippen molar-refractivity contribution in [2.45, 2.75) is 0 Å². The van der Waals surface area contributed by atoms with E-state index < -0.39 is 5.97 Å². The second-order valence-electron chi connectivity index (χ2n) is 3.34. The van der Waals surface area contributed by atoms with E-state index in [1.165, 1.54) is 26.4 Å². The Morgan fingerprint density at radius 1 is 1.42 bits per heavy atom. The van der Waals surface area contributed by atoms with Crippen molar-refractivity contribution < 1.29 is 19.0 Å². The summed E-state index contributed by atoms with van der Waals surface area (Å²) >= 11 is 6.01. The van der Waals surface area contributed by atoms with Crippen molar-refractivity contribution in [2.75, 3.05) is 20.8 Å². The number of esters is 1. The molecule has 19 heavy (non-hydrogen) atoms. The van der Waals surface area contributed by atoms with Gasteiger partial charge in [-0.1, -0.05) is 11.6 Å². The first-order chi connectivity index (χ1) is 9.12. The van der Waals surface area contributed by atoms with Crippen LogP contribution in [0.25, 0.3) is 6.08 Å². The van der Waals surface area contributed by atoms with Gasteiger partial charge in [0.15, 0.2) is 18.1 Å². The second kappa shape index (κ2) is 7.29. The molecule has 1 aromatic carbocycles. The first-order valence-corrected chi connectivity index (χ1v) is 5.63. The number of carbonyl (C=O) groups is 1. The quantitative estimate of drug-likeness (QED) is 0.612. The number of nitriles is 1. The summed E-state index contributed by atoms with van der Waals surface area (Å²) in [6.07, 6.45) is 2.71. The average molecular weight is 282 g/mol. The number of hydrogen-bond donors (Lipinski definition) is 0. The Kier molecular flexibility index (Phi) is 5.71. The molecule has 5 nitrogen and oxygen atoms in total. The number of methoxy groups -OCH3 is 2. The van der Waals surface area contributed by atoms with Crippen LogP contribution in [0.15, 0.2) is 18.2 Å². The van der Waals surface area contributed by atoms with Gasteiger partial charge in [-0.15, -0.1) is 0 Å². The summed E-state index contributed by atoms with van der Waals surface area (Å²) < 4.78 is 14.8. The van der Waals surface area contributed by atoms with E-state index in [0.29, 0.717) is 22.1 Å². The van der Waals surface area contributed by atoms with Gasteiger partial charge in [-0.05, 0) is 23.8 Å². The molecule has 0 aliphatic rings. The molecule has 1 aromatic rings. The van der Waals surface area contributed by atoms with Crippen molar-refractivity contribution in [1.82, 2.24) is 0 Å². The number of ether oxygens (including phenoxy) is 3. The molecule has 0 radical (unpaired) electrons. The van der Waals surface area contributed by atoms with Crippen LogP contribution in [-0.4, -0.2) is 26.8 Å². The van der Waals surface area contributed by atoms with E-state index in [1.807, 2.05) is 0 Å². The van der Waals surface area contributed by atoms with Crippen LogP contribution in [0.1, 0.15) is 5.56 Å². The first kappa shape index (κ1) is 14.9. The van der Waals surface area contributed by atoms with Gasteiger partial charge >= 0.3 is 5.97 Å². The molecule has 6 heteroatoms. The summed E-state index contributed by atoms with van der Waals surface area (Å²) in [5.74, 6) is 0.279. The van der Waals surface area contributed by atoms with Crippen molar-refractivity contribution >= 4 is 23.6 Å². The van der Waals surface area contributed by atoms with Crippen LogP contribution < -0.4 is 9.47 Å². The molecular weight excluding hydrogens is 270 g/mol. The summed E-state index contributed by atoms with van der Waals surface area (Å²) in [6, 6.07) is 4.99. The van der Waals surface area contributed by atoms with Gasteiger partial charge in [0.25, 0.3) is 0 Å². The minimum Gasteiger partial charge on any atom is -0.493 e. The van der Waals surface area contributed by atoms with E-state index in [-0.39, 0.29) is 6.61 Å². The number of nitrogens with zero attached hydrogens (tertiary/aromatic N) is 1. The van der Waals surface area contributed by atoms with Gasteiger partial charge in [0, 0.05) is 6.08 Å². The van der Waals surface area contributed by atoms with Crippen molar-refractivity contribution in [3.63, 3.8) is 0 Å². The molecule has 0 atom stereocenters. The van der Waals surface area contributed by atoms with Gasteiger partial charge in [-0.3, -0.25) is 0 Å². The number of rotatable bonds is 5. The van der Waals surface area contributed by atoms with Crippen molar-refractivity contribution in [3.05, 3.63) is 28.8 Å². The Balaban J connectivity index is 2.91. The highest BCUT2D eigenvalue weighted by Crippen LogP contribution is 2.36. The fourth-order valence-electron chi connectivity index (χ4n) is 1.35. The lowest BCUT2D eigenvalue weighted by molar-refractivity contribution is -0.136. The molecule has 0 aliphatic heterocycles. The first-order valence-electron chi connectivity index (χ1n) is 5.25. The summed E-state index contributed by atoms with van der Waals surface area (Å²) in [4.78, 5) is 11.2. The zero-order chi connectivity index (χ0) is 14.3. The number of halogens is 1. The van der Waals surface area contributed by atoms with Crippen LogP contribution in [0.2, 0.25) is 5.02 Å². The SMILES string of the molecule is COc1cc(/C=C/C(=O)OCC#N)cc(Cl)c1OC. The number of hydrogen-bond acceptors (Lipinski definition) is 5. The largest absolute Gasteiger partial charge is 0.493 e. The lowest BCUT2D eigenvalue weighted by Gasteiger charge is -2.10. The van der Waals surface area contributed by atoms with Crippen molar-refractivity contribution in [3.8, 4) is 17.6 Å². The highest BCUT2D eigenvalue weighted by molar-refractivity contribution is 6.32. The van der Waals surface area contributed by atoms with E-state index in [2.05, 4.69) is 4.74 Å². The Morgan fingerprint density at radius 2 is 2.16 bits per heavy atom. The molecular formula is C13H12ClNO4. The molecule has 0 spiro atoms. The van der Waals surface area contributed by atoms with Gasteiger partial charge in [0.05, 0.1) is 19.2 Å². The highest BCUT2D eigenvalue weighted by Gasteiger charge is 2.09. The van der Waals surface area contributed by atoms with E-state index in [9.17, 15) is 4.79 Å². The molecule has 0 bridgehead atoms. The molecule has 0 fully saturated rings. The van der Waals surface area contributed by atoms with Crippen LogP contribution in [0.4, 0.5) is 0 Å². The van der Waals surface area contributed by atoms with Gasteiger partial charge in [-0.25, -0.2) is 4.79 Å². The zero-order valence-electron chi connectivity index (χ0n) is 10.5. The maximum atomic E-state index is 11.2. The van der Waals surface area contributed by atoms with Crippen molar-refractivity contribution in [2.24, 2.45) is 0 Å². The Labute approximate surface area is 115 Å². The maximum absolute atomic E-state index is 11.2. The molecule has 0 amide bonds. The third kappa shape index (κ3) is 4.19. The Morgan fingerprint density at radius 3 is 2.74 bits per heavy atom. The Hall–Kier alpha value is -2.19. The average Bonchev–Trinajstić information content (AvgIpc) is 2.42. The molecule has 0 heterocycles. The zero-order valence-corrected chi connectivity index (χ0v) is 11.2. The van der Waals surface area contributed by atoms with Crippen LogP contribution in [0.5, 0.6) is 11.5 Å². The fraction of sp³-hybridized carbons (Fsp3) is 0.231. The molecule has 0 saturated carbocycles. The molecule has 0 saturated heterocycles. The lowest BCUT2D eigenvalue weighted by Crippen LogP contribution is -2.00. The van der Waals surface area contributed by atoms with Crippen LogP contribution in [0, 0.1) is 11.3 Å². The molecule has 0 unspecified atom stereocenters. The molecule has 100 valence electrons. The minimum absolute atomic E-state index is 0.282. The standard InChI is InChI=1S/C13H12ClNO4/c1-17-11-8-9(7-10(14)13(11)18-2)3-4-12(16)19-6-5-15/h3-4,7-8H,6H2,1-2H3/b4-3+. The van der Waals surface area contributed by atoms with Crippen LogP contribution >= 0.6 is 11.6 Å². The topological polar surface area (TPSA) is 68.5 Å². The third-order valence-electron chi connectivity index (χ3n) is 2.15. The summed E-state index contributed by atoms with van der Waals surface area (Å²) in [7, 11) is 2.97. The number of benzene rings is 1. The van der Waals surface area contributed by atoms with Gasteiger partial charge < -0.3 is 14.2 Å². The normalized spacial score (nSPS) is 10.0. The summed E-state index contributed by atoms with van der Waals surface area (Å²) in [6.45, 7) is -0.282. The molecule has 0 N–H and O–H groups in total. The molecule has 0 aliphatic carbocycles. The monoisotopic (exact) mass is 281 g/mol. The summed E-state index contributed by atoms with van der Waals surface area (Å²) in [5.41, 5.74) is 0.650. The lowest BCUT2D eigenvalue weighted by atomic mass is 10.2. The summed E-state index contributed by atoms with van der Waals surface area (Å²) in [5, 5.41) is 8.63. The minimum atomic E-state index is -0.604. The molecule has 1 rings (SSSR count). The van der Waals surface area contributed by atoms with Crippen molar-refractivity contribution in [1.29, 1.82) is 5.26 Å². The maximum Gasteiger partial charge on any atom is 0.331 e. The predicted molar refractivity (Wildman–Crippen MR) is 70.2 cm³/mol. The van der Waals surface area contributed by atoms with Gasteiger partial charge in [0.1, 0.15) is 6.07 Å². The van der Waals surface area contributed by atoms with Gasteiger partial charge in [-0.2, -0.15) is 5.26 Å². The Bertz CT molecular complexity index is 534. The number of carbonyl (C=O) groups excluding carboxylic acids is 1. The smallest absolute Gasteiger partial charge is 0.331 e. The van der Waals surface area contributed by atoms with E-state index in [4.69, 9.17) is 26.3 Å². The van der Waals surface area contributed by atoms with Gasteiger partial charge in [0.2, 0.25) is 0 Å². The third-order valence-corrected chi connectivity index (χ3v) is 2.43. The fourth-order valence-corrected chi connectivity index (χ4v) is 1.65. The highest BCUT2D eigenvalue weighted by atomic mass is 35.5. The molecule has 0 aromatic heterocycles. The van der Waals surface area contributed by atoms with E-state index >= 15 is 0 Å². The predicted octanol–water partition coefficient (Wildman–Crippen LogP) is 2.44. The van der Waals surface area contributed by atoms with Crippen LogP contribution in [-0.2, 0) is 9.53 Å². The second-order valence-corrected chi connectivity index (χ2v) is 3.74.